The molecule has 1 atom stereocenters. The molecule has 4 rings (SSSR count). The maximum absolute atomic E-state index is 13.3. The molecule has 184 valence electrons. The van der Waals surface area contributed by atoms with Gasteiger partial charge in [0, 0.05) is 17.3 Å². The molecule has 35 heavy (non-hydrogen) atoms. The number of aromatic nitrogens is 3. The molecule has 0 aliphatic carbocycles. The zero-order chi connectivity index (χ0) is 25.5. The molecule has 0 fully saturated rings. The van der Waals surface area contributed by atoms with E-state index in [4.69, 9.17) is 31.0 Å². The standard InChI is InChI=1S/C23H23ClN4O6S/c1-12-8-16(14(3)33-18-4-5-19(24)27-23(18)35(25,31)32)22-17(9-12)20(30)13(2)21(34-22)15-10-26-28(11-15)6-7-29/h4-5,8-11,14,29H,6-7H2,1-3H3,(H2,25,31,32)/t14-/m1/s1. The van der Waals surface area contributed by atoms with Crippen LogP contribution in [0.4, 0.5) is 0 Å². The second-order valence-corrected chi connectivity index (χ2v) is 9.94. The molecule has 4 aromatic rings. The Bertz CT molecular complexity index is 1600. The van der Waals surface area contributed by atoms with E-state index in [-0.39, 0.29) is 22.9 Å². The van der Waals surface area contributed by atoms with Crippen LogP contribution in [0, 0.1) is 13.8 Å². The highest BCUT2D eigenvalue weighted by atomic mass is 35.5. The molecule has 0 aliphatic rings. The Hall–Kier alpha value is -3.25. The fourth-order valence-corrected chi connectivity index (χ4v) is 4.62. The van der Waals surface area contributed by atoms with Crippen LogP contribution in [-0.4, -0.2) is 34.9 Å². The number of aliphatic hydroxyl groups excluding tert-OH is 1. The molecular weight excluding hydrogens is 496 g/mol. The lowest BCUT2D eigenvalue weighted by molar-refractivity contribution is 0.219. The lowest BCUT2D eigenvalue weighted by Gasteiger charge is -2.19. The molecule has 0 spiro atoms. The number of primary sulfonamides is 1. The Labute approximate surface area is 206 Å². The predicted octanol–water partition coefficient (Wildman–Crippen LogP) is 3.10. The molecule has 0 bridgehead atoms. The summed E-state index contributed by atoms with van der Waals surface area (Å²) in [6, 6.07) is 6.27. The highest BCUT2D eigenvalue weighted by Gasteiger charge is 2.24. The molecule has 0 unspecified atom stereocenters. The van der Waals surface area contributed by atoms with Crippen LogP contribution in [0.3, 0.4) is 0 Å². The first-order valence-electron chi connectivity index (χ1n) is 10.6. The third kappa shape index (κ3) is 4.94. The number of fused-ring (bicyclic) bond motifs is 1. The van der Waals surface area contributed by atoms with E-state index in [0.29, 0.717) is 40.0 Å². The maximum atomic E-state index is 13.3. The number of rotatable bonds is 7. The summed E-state index contributed by atoms with van der Waals surface area (Å²) < 4.78 is 37.8. The fraction of sp³-hybridized carbons (Fsp3) is 0.261. The van der Waals surface area contributed by atoms with Crippen LogP contribution in [0.5, 0.6) is 5.75 Å². The second kappa shape index (κ2) is 9.42. The Morgan fingerprint density at radius 2 is 2.03 bits per heavy atom. The van der Waals surface area contributed by atoms with Gasteiger partial charge in [0.05, 0.1) is 30.3 Å². The van der Waals surface area contributed by atoms with Crippen LogP contribution in [0.1, 0.15) is 29.7 Å². The number of benzene rings is 1. The summed E-state index contributed by atoms with van der Waals surface area (Å²) in [7, 11) is -4.21. The van der Waals surface area contributed by atoms with Gasteiger partial charge in [-0.3, -0.25) is 9.48 Å². The Morgan fingerprint density at radius 3 is 2.71 bits per heavy atom. The van der Waals surface area contributed by atoms with Crippen molar-refractivity contribution in [1.29, 1.82) is 0 Å². The molecule has 0 aliphatic heterocycles. The number of halogens is 1. The lowest BCUT2D eigenvalue weighted by atomic mass is 10.0. The fourth-order valence-electron chi connectivity index (χ4n) is 3.80. The molecule has 3 aromatic heterocycles. The Kier molecular flexibility index (Phi) is 6.69. The van der Waals surface area contributed by atoms with E-state index >= 15 is 0 Å². The Morgan fingerprint density at radius 1 is 1.29 bits per heavy atom. The van der Waals surface area contributed by atoms with Gasteiger partial charge in [-0.25, -0.2) is 18.5 Å². The van der Waals surface area contributed by atoms with Gasteiger partial charge in [-0.1, -0.05) is 11.6 Å². The van der Waals surface area contributed by atoms with Crippen molar-refractivity contribution in [2.24, 2.45) is 5.14 Å². The number of hydrogen-bond acceptors (Lipinski definition) is 8. The van der Waals surface area contributed by atoms with Gasteiger partial charge in [-0.2, -0.15) is 5.10 Å². The molecule has 10 nitrogen and oxygen atoms in total. The van der Waals surface area contributed by atoms with Crippen molar-refractivity contribution in [3.63, 3.8) is 0 Å². The zero-order valence-corrected chi connectivity index (χ0v) is 20.7. The van der Waals surface area contributed by atoms with Crippen LogP contribution in [0.25, 0.3) is 22.3 Å². The summed E-state index contributed by atoms with van der Waals surface area (Å²) >= 11 is 5.85. The number of aliphatic hydroxyl groups is 1. The molecule has 0 saturated heterocycles. The van der Waals surface area contributed by atoms with Crippen molar-refractivity contribution in [3.8, 4) is 17.1 Å². The van der Waals surface area contributed by atoms with E-state index in [2.05, 4.69) is 10.1 Å². The first-order chi connectivity index (χ1) is 16.5. The summed E-state index contributed by atoms with van der Waals surface area (Å²) in [6.45, 7) is 5.41. The smallest absolute Gasteiger partial charge is 0.259 e. The second-order valence-electron chi connectivity index (χ2n) is 8.07. The van der Waals surface area contributed by atoms with Crippen LogP contribution < -0.4 is 15.3 Å². The quantitative estimate of drug-likeness (QED) is 0.354. The van der Waals surface area contributed by atoms with Crippen LogP contribution in [-0.2, 0) is 16.6 Å². The third-order valence-electron chi connectivity index (χ3n) is 5.42. The van der Waals surface area contributed by atoms with Gasteiger partial charge in [0.15, 0.2) is 11.2 Å². The van der Waals surface area contributed by atoms with E-state index in [1.807, 2.05) is 6.92 Å². The topological polar surface area (TPSA) is 151 Å². The number of pyridine rings is 1. The van der Waals surface area contributed by atoms with Gasteiger partial charge in [0.2, 0.25) is 5.03 Å². The van der Waals surface area contributed by atoms with Gasteiger partial charge in [0.1, 0.15) is 22.6 Å². The maximum Gasteiger partial charge on any atom is 0.259 e. The molecular formula is C23H23ClN4O6S. The summed E-state index contributed by atoms with van der Waals surface area (Å²) in [5.41, 5.74) is 2.38. The number of sulfonamides is 1. The summed E-state index contributed by atoms with van der Waals surface area (Å²) in [5.74, 6) is 0.251. The van der Waals surface area contributed by atoms with Crippen molar-refractivity contribution in [2.75, 3.05) is 6.61 Å². The normalized spacial score (nSPS) is 12.7. The number of nitrogens with two attached hydrogens (primary N) is 1. The molecule has 12 heteroatoms. The first-order valence-corrected chi connectivity index (χ1v) is 12.5. The minimum absolute atomic E-state index is 0.0529. The minimum atomic E-state index is -4.21. The van der Waals surface area contributed by atoms with Gasteiger partial charge in [-0.15, -0.1) is 0 Å². The molecule has 0 radical (unpaired) electrons. The zero-order valence-electron chi connectivity index (χ0n) is 19.1. The van der Waals surface area contributed by atoms with Crippen molar-refractivity contribution in [1.82, 2.24) is 14.8 Å². The minimum Gasteiger partial charge on any atom is -0.483 e. The predicted molar refractivity (Wildman–Crippen MR) is 130 cm³/mol. The van der Waals surface area contributed by atoms with Gasteiger partial charge in [-0.05, 0) is 50.6 Å². The molecule has 0 saturated carbocycles. The van der Waals surface area contributed by atoms with Crippen molar-refractivity contribution >= 4 is 32.6 Å². The highest BCUT2D eigenvalue weighted by molar-refractivity contribution is 7.89. The number of aryl methyl sites for hydroxylation is 1. The molecule has 3 N–H and O–H groups in total. The molecule has 1 aromatic carbocycles. The van der Waals surface area contributed by atoms with Gasteiger partial charge >= 0.3 is 0 Å². The summed E-state index contributed by atoms with van der Waals surface area (Å²) in [5, 5.41) is 18.4. The van der Waals surface area contributed by atoms with E-state index in [1.54, 1.807) is 43.1 Å². The SMILES string of the molecule is Cc1cc([C@@H](C)Oc2ccc(Cl)nc2S(N)(=O)=O)c2oc(-c3cnn(CCO)c3)c(C)c(=O)c2c1. The van der Waals surface area contributed by atoms with E-state index in [0.717, 1.165) is 5.56 Å². The van der Waals surface area contributed by atoms with Crippen LogP contribution in [0.15, 0.2) is 50.9 Å². The molecule has 3 heterocycles. The average Bonchev–Trinajstić information content (AvgIpc) is 3.25. The summed E-state index contributed by atoms with van der Waals surface area (Å²) in [6.07, 6.45) is 2.48. The number of hydrogen-bond donors (Lipinski definition) is 2. The molecule has 0 amide bonds. The van der Waals surface area contributed by atoms with Crippen molar-refractivity contribution < 1.29 is 22.7 Å². The van der Waals surface area contributed by atoms with E-state index < -0.39 is 21.2 Å². The Balaban J connectivity index is 1.86. The monoisotopic (exact) mass is 518 g/mol. The van der Waals surface area contributed by atoms with Crippen molar-refractivity contribution in [3.05, 3.63) is 68.7 Å². The van der Waals surface area contributed by atoms with E-state index in [1.165, 1.54) is 12.1 Å². The van der Waals surface area contributed by atoms with Crippen molar-refractivity contribution in [2.45, 2.75) is 38.4 Å². The highest BCUT2D eigenvalue weighted by Crippen LogP contribution is 2.34. The van der Waals surface area contributed by atoms with Gasteiger partial charge < -0.3 is 14.3 Å². The van der Waals surface area contributed by atoms with Crippen LogP contribution >= 0.6 is 11.6 Å². The van der Waals surface area contributed by atoms with E-state index in [9.17, 15) is 13.2 Å². The first kappa shape index (κ1) is 24.9. The summed E-state index contributed by atoms with van der Waals surface area (Å²) in [4.78, 5) is 17.1. The number of nitrogens with zero attached hydrogens (tertiary/aromatic N) is 3. The van der Waals surface area contributed by atoms with Crippen LogP contribution in [0.2, 0.25) is 5.15 Å². The lowest BCUT2D eigenvalue weighted by Crippen LogP contribution is -2.17. The van der Waals surface area contributed by atoms with Gasteiger partial charge in [0.25, 0.3) is 10.0 Å². The average molecular weight is 519 g/mol. The third-order valence-corrected chi connectivity index (χ3v) is 6.46. The number of ether oxygens (including phenoxy) is 1. The largest absolute Gasteiger partial charge is 0.483 e.